The molecule has 0 saturated carbocycles. The summed E-state index contributed by atoms with van der Waals surface area (Å²) in [4.78, 5) is 22.2. The lowest BCUT2D eigenvalue weighted by atomic mass is 9.97. The van der Waals surface area contributed by atoms with Crippen LogP contribution in [0.25, 0.3) is 0 Å². The minimum atomic E-state index is -0.500. The fourth-order valence-corrected chi connectivity index (χ4v) is 2.63. The lowest BCUT2D eigenvalue weighted by Crippen LogP contribution is -2.37. The van der Waals surface area contributed by atoms with Crippen LogP contribution in [0.1, 0.15) is 5.56 Å². The number of carbonyl (C=O) groups is 1. The van der Waals surface area contributed by atoms with Crippen LogP contribution in [0, 0.1) is 16.0 Å². The molecule has 2 amide bonds. The van der Waals surface area contributed by atoms with Crippen LogP contribution in [0.4, 0.5) is 16.2 Å². The van der Waals surface area contributed by atoms with E-state index in [1.54, 1.807) is 6.07 Å². The molecule has 7 heteroatoms. The van der Waals surface area contributed by atoms with Crippen LogP contribution in [0.15, 0.2) is 48.5 Å². The van der Waals surface area contributed by atoms with E-state index in [1.165, 1.54) is 18.2 Å². The van der Waals surface area contributed by atoms with Crippen LogP contribution >= 0.6 is 0 Å². The number of para-hydroxylation sites is 1. The Hall–Kier alpha value is -3.09. The summed E-state index contributed by atoms with van der Waals surface area (Å²) in [6, 6.07) is 13.3. The molecule has 0 fully saturated rings. The Balaban J connectivity index is 1.51. The number of non-ortho nitro benzene ring substituents is 1. The van der Waals surface area contributed by atoms with Crippen molar-refractivity contribution in [2.24, 2.45) is 5.92 Å². The maximum Gasteiger partial charge on any atom is 0.319 e. The predicted octanol–water partition coefficient (Wildman–Crippen LogP) is 2.97. The van der Waals surface area contributed by atoms with E-state index in [1.807, 2.05) is 24.3 Å². The molecule has 0 saturated heterocycles. The van der Waals surface area contributed by atoms with E-state index in [9.17, 15) is 14.9 Å². The molecule has 1 atom stereocenters. The Labute approximate surface area is 138 Å². The molecule has 2 aromatic carbocycles. The van der Waals surface area contributed by atoms with Crippen molar-refractivity contribution in [1.29, 1.82) is 0 Å². The van der Waals surface area contributed by atoms with Crippen molar-refractivity contribution in [3.8, 4) is 5.75 Å². The summed E-state index contributed by atoms with van der Waals surface area (Å²) in [6.45, 7) is 1.02. The van der Waals surface area contributed by atoms with Gasteiger partial charge >= 0.3 is 6.03 Å². The molecule has 7 nitrogen and oxygen atoms in total. The number of rotatable bonds is 4. The predicted molar refractivity (Wildman–Crippen MR) is 89.2 cm³/mol. The molecule has 124 valence electrons. The summed E-state index contributed by atoms with van der Waals surface area (Å²) in [5, 5.41) is 16.1. The van der Waals surface area contributed by atoms with E-state index < -0.39 is 11.0 Å². The van der Waals surface area contributed by atoms with Gasteiger partial charge in [-0.05, 0) is 24.1 Å². The highest BCUT2D eigenvalue weighted by Gasteiger charge is 2.20. The average molecular weight is 327 g/mol. The highest BCUT2D eigenvalue weighted by atomic mass is 16.6. The summed E-state index contributed by atoms with van der Waals surface area (Å²) in [5.74, 6) is 1.09. The number of nitro groups is 1. The van der Waals surface area contributed by atoms with E-state index >= 15 is 0 Å². The third-order valence-corrected chi connectivity index (χ3v) is 3.82. The summed E-state index contributed by atoms with van der Waals surface area (Å²) in [6.07, 6.45) is 0.841. The van der Waals surface area contributed by atoms with Crippen LogP contribution < -0.4 is 15.4 Å². The molecular formula is C17H17N3O4. The minimum Gasteiger partial charge on any atom is -0.493 e. The van der Waals surface area contributed by atoms with E-state index in [0.717, 1.165) is 17.7 Å². The first-order chi connectivity index (χ1) is 11.6. The van der Waals surface area contributed by atoms with Crippen molar-refractivity contribution >= 4 is 17.4 Å². The molecule has 0 aliphatic carbocycles. The van der Waals surface area contributed by atoms with Crippen LogP contribution in [-0.4, -0.2) is 24.1 Å². The van der Waals surface area contributed by atoms with Gasteiger partial charge in [0.25, 0.3) is 5.69 Å². The molecule has 2 aromatic rings. The van der Waals surface area contributed by atoms with Crippen molar-refractivity contribution in [2.75, 3.05) is 18.5 Å². The number of anilines is 1. The lowest BCUT2D eigenvalue weighted by Gasteiger charge is -2.25. The normalized spacial score (nSPS) is 15.8. The summed E-state index contributed by atoms with van der Waals surface area (Å²) in [7, 11) is 0. The lowest BCUT2D eigenvalue weighted by molar-refractivity contribution is -0.384. The Bertz CT molecular complexity index is 763. The number of nitrogens with one attached hydrogen (secondary N) is 2. The number of amides is 2. The van der Waals surface area contributed by atoms with Crippen LogP contribution in [0.5, 0.6) is 5.75 Å². The molecule has 1 aliphatic heterocycles. The summed E-state index contributed by atoms with van der Waals surface area (Å²) < 4.78 is 5.68. The largest absolute Gasteiger partial charge is 0.493 e. The number of benzene rings is 2. The first kappa shape index (κ1) is 15.8. The maximum atomic E-state index is 11.9. The first-order valence-corrected chi connectivity index (χ1v) is 7.62. The number of urea groups is 1. The molecule has 2 N–H and O–H groups in total. The second kappa shape index (κ2) is 6.99. The number of nitrogens with zero attached hydrogens (tertiary/aromatic N) is 1. The number of hydrogen-bond acceptors (Lipinski definition) is 4. The molecule has 0 unspecified atom stereocenters. The molecule has 1 heterocycles. The van der Waals surface area contributed by atoms with Gasteiger partial charge in [-0.1, -0.05) is 24.3 Å². The fraction of sp³-hybridized carbons (Fsp3) is 0.235. The quantitative estimate of drug-likeness (QED) is 0.667. The van der Waals surface area contributed by atoms with E-state index in [2.05, 4.69) is 10.6 Å². The second-order valence-corrected chi connectivity index (χ2v) is 5.63. The van der Waals surface area contributed by atoms with Gasteiger partial charge in [-0.3, -0.25) is 10.1 Å². The van der Waals surface area contributed by atoms with Crippen molar-refractivity contribution in [2.45, 2.75) is 6.42 Å². The van der Waals surface area contributed by atoms with Gasteiger partial charge in [0.1, 0.15) is 5.75 Å². The molecule has 24 heavy (non-hydrogen) atoms. The SMILES string of the molecule is O=C(NC[C@H]1COc2ccccc2C1)Nc1cccc([N+](=O)[O-])c1. The zero-order chi connectivity index (χ0) is 16.9. The van der Waals surface area contributed by atoms with Crippen molar-refractivity contribution in [1.82, 2.24) is 5.32 Å². The molecule has 0 bridgehead atoms. The number of hydrogen-bond donors (Lipinski definition) is 2. The smallest absolute Gasteiger partial charge is 0.319 e. The molecule has 3 rings (SSSR count). The molecule has 1 aliphatic rings. The Kier molecular flexibility index (Phi) is 4.60. The van der Waals surface area contributed by atoms with Gasteiger partial charge < -0.3 is 15.4 Å². The summed E-state index contributed by atoms with van der Waals surface area (Å²) >= 11 is 0. The van der Waals surface area contributed by atoms with Crippen LogP contribution in [-0.2, 0) is 6.42 Å². The van der Waals surface area contributed by atoms with Gasteiger partial charge in [-0.2, -0.15) is 0 Å². The summed E-state index contributed by atoms with van der Waals surface area (Å²) in [5.41, 5.74) is 1.45. The average Bonchev–Trinajstić information content (AvgIpc) is 2.60. The molecule has 0 aromatic heterocycles. The van der Waals surface area contributed by atoms with Gasteiger partial charge in [-0.25, -0.2) is 4.79 Å². The molecule has 0 radical (unpaired) electrons. The number of carbonyl (C=O) groups excluding carboxylic acids is 1. The third-order valence-electron chi connectivity index (χ3n) is 3.82. The van der Waals surface area contributed by atoms with Crippen molar-refractivity contribution in [3.05, 3.63) is 64.2 Å². The third kappa shape index (κ3) is 3.81. The zero-order valence-corrected chi connectivity index (χ0v) is 12.9. The monoisotopic (exact) mass is 327 g/mol. The zero-order valence-electron chi connectivity index (χ0n) is 12.9. The Morgan fingerprint density at radius 2 is 2.08 bits per heavy atom. The van der Waals surface area contributed by atoms with Gasteiger partial charge in [0.15, 0.2) is 0 Å². The van der Waals surface area contributed by atoms with Gasteiger partial charge in [0, 0.05) is 30.3 Å². The van der Waals surface area contributed by atoms with Gasteiger partial charge in [0.2, 0.25) is 0 Å². The van der Waals surface area contributed by atoms with Crippen LogP contribution in [0.3, 0.4) is 0 Å². The van der Waals surface area contributed by atoms with E-state index in [-0.39, 0.29) is 11.6 Å². The standard InChI is InChI=1S/C17H17N3O4/c21-17(19-14-5-3-6-15(9-14)20(22)23)18-10-12-8-13-4-1-2-7-16(13)24-11-12/h1-7,9,12H,8,10-11H2,(H2,18,19,21)/t12-/m0/s1. The number of ether oxygens (including phenoxy) is 1. The van der Waals surface area contributed by atoms with Gasteiger partial charge in [-0.15, -0.1) is 0 Å². The number of fused-ring (bicyclic) bond motifs is 1. The number of nitro benzene ring substituents is 1. The van der Waals surface area contributed by atoms with Crippen molar-refractivity contribution in [3.63, 3.8) is 0 Å². The first-order valence-electron chi connectivity index (χ1n) is 7.62. The van der Waals surface area contributed by atoms with E-state index in [0.29, 0.717) is 18.8 Å². The highest BCUT2D eigenvalue weighted by Crippen LogP contribution is 2.26. The van der Waals surface area contributed by atoms with Crippen molar-refractivity contribution < 1.29 is 14.5 Å². The second-order valence-electron chi connectivity index (χ2n) is 5.63. The topological polar surface area (TPSA) is 93.5 Å². The van der Waals surface area contributed by atoms with Crippen LogP contribution in [0.2, 0.25) is 0 Å². The Morgan fingerprint density at radius 1 is 1.25 bits per heavy atom. The Morgan fingerprint density at radius 3 is 2.92 bits per heavy atom. The van der Waals surface area contributed by atoms with E-state index in [4.69, 9.17) is 4.74 Å². The highest BCUT2D eigenvalue weighted by molar-refractivity contribution is 5.89. The minimum absolute atomic E-state index is 0.0647. The maximum absolute atomic E-state index is 11.9. The van der Waals surface area contributed by atoms with Gasteiger partial charge in [0.05, 0.1) is 11.5 Å². The molecular weight excluding hydrogens is 310 g/mol. The fourth-order valence-electron chi connectivity index (χ4n) is 2.63. The molecule has 0 spiro atoms.